The zero-order chi connectivity index (χ0) is 11.1. The van der Waals surface area contributed by atoms with Crippen LogP contribution >= 0.6 is 0 Å². The molecule has 80 valence electrons. The first-order valence-corrected chi connectivity index (χ1v) is 5.09. The van der Waals surface area contributed by atoms with Gasteiger partial charge in [-0.1, -0.05) is 36.3 Å². The zero-order valence-corrected chi connectivity index (χ0v) is 9.06. The van der Waals surface area contributed by atoms with Gasteiger partial charge in [-0.2, -0.15) is 0 Å². The lowest BCUT2D eigenvalue weighted by atomic mass is 10.0. The molecular formula is C13H17NO. The lowest BCUT2D eigenvalue weighted by Gasteiger charge is -2.26. The van der Waals surface area contributed by atoms with Crippen LogP contribution in [0.15, 0.2) is 30.3 Å². The third-order valence-corrected chi connectivity index (χ3v) is 2.46. The SMILES string of the molecule is C#CCN(C)C(CCO)c1ccccc1. The number of nitrogens with zero attached hydrogens (tertiary/aromatic N) is 1. The van der Waals surface area contributed by atoms with Crippen LogP contribution in [-0.4, -0.2) is 30.2 Å². The van der Waals surface area contributed by atoms with Crippen LogP contribution in [0.3, 0.4) is 0 Å². The van der Waals surface area contributed by atoms with Gasteiger partial charge in [0.25, 0.3) is 0 Å². The van der Waals surface area contributed by atoms with Crippen molar-refractivity contribution in [2.24, 2.45) is 0 Å². The first kappa shape index (κ1) is 11.8. The summed E-state index contributed by atoms with van der Waals surface area (Å²) in [7, 11) is 1.98. The van der Waals surface area contributed by atoms with Crippen molar-refractivity contribution in [1.82, 2.24) is 4.90 Å². The van der Waals surface area contributed by atoms with Gasteiger partial charge in [0.15, 0.2) is 0 Å². The number of rotatable bonds is 5. The molecular weight excluding hydrogens is 186 g/mol. The van der Waals surface area contributed by atoms with E-state index in [0.29, 0.717) is 13.0 Å². The summed E-state index contributed by atoms with van der Waals surface area (Å²) < 4.78 is 0. The maximum atomic E-state index is 9.04. The first-order valence-electron chi connectivity index (χ1n) is 5.09. The van der Waals surface area contributed by atoms with Crippen molar-refractivity contribution < 1.29 is 5.11 Å². The van der Waals surface area contributed by atoms with Gasteiger partial charge >= 0.3 is 0 Å². The normalized spacial score (nSPS) is 12.4. The van der Waals surface area contributed by atoms with E-state index in [4.69, 9.17) is 11.5 Å². The molecule has 2 nitrogen and oxygen atoms in total. The fourth-order valence-corrected chi connectivity index (χ4v) is 1.69. The highest BCUT2D eigenvalue weighted by Crippen LogP contribution is 2.21. The highest BCUT2D eigenvalue weighted by atomic mass is 16.3. The van der Waals surface area contributed by atoms with Gasteiger partial charge in [0, 0.05) is 12.6 Å². The molecule has 0 bridgehead atoms. The van der Waals surface area contributed by atoms with Gasteiger partial charge in [-0.3, -0.25) is 4.90 Å². The molecule has 0 aromatic heterocycles. The molecule has 0 spiro atoms. The van der Waals surface area contributed by atoms with Gasteiger partial charge in [0.2, 0.25) is 0 Å². The highest BCUT2D eigenvalue weighted by molar-refractivity contribution is 5.19. The van der Waals surface area contributed by atoms with Crippen LogP contribution in [0.25, 0.3) is 0 Å². The summed E-state index contributed by atoms with van der Waals surface area (Å²) in [6.45, 7) is 0.772. The Balaban J connectivity index is 2.79. The molecule has 0 radical (unpaired) electrons. The molecule has 1 N–H and O–H groups in total. The number of terminal acetylenes is 1. The molecule has 0 aliphatic carbocycles. The second-order valence-corrected chi connectivity index (χ2v) is 3.56. The summed E-state index contributed by atoms with van der Waals surface area (Å²) in [6.07, 6.45) is 6.00. The fourth-order valence-electron chi connectivity index (χ4n) is 1.69. The maximum absolute atomic E-state index is 9.04. The second kappa shape index (κ2) is 6.23. The fraction of sp³-hybridized carbons (Fsp3) is 0.385. The van der Waals surface area contributed by atoms with Gasteiger partial charge < -0.3 is 5.11 Å². The van der Waals surface area contributed by atoms with Crippen LogP contribution in [0.2, 0.25) is 0 Å². The maximum Gasteiger partial charge on any atom is 0.0601 e. The van der Waals surface area contributed by atoms with Crippen LogP contribution in [0.5, 0.6) is 0 Å². The van der Waals surface area contributed by atoms with E-state index in [1.807, 2.05) is 25.2 Å². The summed E-state index contributed by atoms with van der Waals surface area (Å²) in [4.78, 5) is 2.07. The van der Waals surface area contributed by atoms with Crippen molar-refractivity contribution in [2.45, 2.75) is 12.5 Å². The predicted octanol–water partition coefficient (Wildman–Crippen LogP) is 1.68. The molecule has 0 saturated carbocycles. The van der Waals surface area contributed by atoms with E-state index in [2.05, 4.69) is 23.0 Å². The number of aliphatic hydroxyl groups excluding tert-OH is 1. The van der Waals surface area contributed by atoms with E-state index in [9.17, 15) is 0 Å². The Hall–Kier alpha value is -1.30. The molecule has 0 aliphatic rings. The molecule has 0 heterocycles. The summed E-state index contributed by atoms with van der Waals surface area (Å²) in [5.74, 6) is 2.62. The van der Waals surface area contributed by atoms with Crippen molar-refractivity contribution in [3.63, 3.8) is 0 Å². The van der Waals surface area contributed by atoms with E-state index in [-0.39, 0.29) is 12.6 Å². The van der Waals surface area contributed by atoms with Gasteiger partial charge in [-0.25, -0.2) is 0 Å². The number of hydrogen-bond donors (Lipinski definition) is 1. The van der Waals surface area contributed by atoms with Crippen LogP contribution in [0, 0.1) is 12.3 Å². The molecule has 0 saturated heterocycles. The molecule has 0 fully saturated rings. The number of hydrogen-bond acceptors (Lipinski definition) is 2. The molecule has 1 unspecified atom stereocenters. The Morgan fingerprint density at radius 2 is 2.07 bits per heavy atom. The molecule has 1 rings (SSSR count). The topological polar surface area (TPSA) is 23.5 Å². The standard InChI is InChI=1S/C13H17NO/c1-3-10-14(2)13(9-11-15)12-7-5-4-6-8-12/h1,4-8,13,15H,9-11H2,2H3. The molecule has 15 heavy (non-hydrogen) atoms. The number of aliphatic hydroxyl groups is 1. The molecule has 0 amide bonds. The van der Waals surface area contributed by atoms with E-state index < -0.39 is 0 Å². The lowest BCUT2D eigenvalue weighted by Crippen LogP contribution is -2.25. The summed E-state index contributed by atoms with van der Waals surface area (Å²) in [5, 5.41) is 9.04. The quantitative estimate of drug-likeness (QED) is 0.736. The smallest absolute Gasteiger partial charge is 0.0601 e. The Morgan fingerprint density at radius 1 is 1.40 bits per heavy atom. The lowest BCUT2D eigenvalue weighted by molar-refractivity contribution is 0.200. The summed E-state index contributed by atoms with van der Waals surface area (Å²) >= 11 is 0. The van der Waals surface area contributed by atoms with Crippen molar-refractivity contribution in [3.8, 4) is 12.3 Å². The summed E-state index contributed by atoms with van der Waals surface area (Å²) in [6, 6.07) is 10.3. The van der Waals surface area contributed by atoms with E-state index >= 15 is 0 Å². The van der Waals surface area contributed by atoms with Crippen molar-refractivity contribution >= 4 is 0 Å². The third kappa shape index (κ3) is 3.39. The monoisotopic (exact) mass is 203 g/mol. The average Bonchev–Trinajstić information content (AvgIpc) is 2.27. The van der Waals surface area contributed by atoms with Crippen molar-refractivity contribution in [1.29, 1.82) is 0 Å². The van der Waals surface area contributed by atoms with Gasteiger partial charge in [0.1, 0.15) is 0 Å². The van der Waals surface area contributed by atoms with Gasteiger partial charge in [-0.15, -0.1) is 6.42 Å². The molecule has 0 aliphatic heterocycles. The molecule has 1 atom stereocenters. The van der Waals surface area contributed by atoms with E-state index in [1.165, 1.54) is 5.56 Å². The molecule has 1 aromatic rings. The van der Waals surface area contributed by atoms with Crippen LogP contribution in [0.1, 0.15) is 18.0 Å². The van der Waals surface area contributed by atoms with E-state index in [1.54, 1.807) is 0 Å². The Morgan fingerprint density at radius 3 is 2.60 bits per heavy atom. The number of benzene rings is 1. The molecule has 1 aromatic carbocycles. The molecule has 2 heteroatoms. The largest absolute Gasteiger partial charge is 0.396 e. The Bertz CT molecular complexity index is 315. The second-order valence-electron chi connectivity index (χ2n) is 3.56. The summed E-state index contributed by atoms with van der Waals surface area (Å²) in [5.41, 5.74) is 1.20. The van der Waals surface area contributed by atoms with E-state index in [0.717, 1.165) is 0 Å². The highest BCUT2D eigenvalue weighted by Gasteiger charge is 2.14. The Labute approximate surface area is 91.5 Å². The first-order chi connectivity index (χ1) is 7.29. The van der Waals surface area contributed by atoms with Gasteiger partial charge in [0.05, 0.1) is 6.54 Å². The minimum absolute atomic E-state index is 0.175. The zero-order valence-electron chi connectivity index (χ0n) is 9.06. The average molecular weight is 203 g/mol. The third-order valence-electron chi connectivity index (χ3n) is 2.46. The van der Waals surface area contributed by atoms with Crippen molar-refractivity contribution in [3.05, 3.63) is 35.9 Å². The minimum atomic E-state index is 0.175. The minimum Gasteiger partial charge on any atom is -0.396 e. The van der Waals surface area contributed by atoms with Crippen LogP contribution in [-0.2, 0) is 0 Å². The van der Waals surface area contributed by atoms with Crippen LogP contribution < -0.4 is 0 Å². The Kier molecular flexibility index (Phi) is 4.89. The van der Waals surface area contributed by atoms with Crippen LogP contribution in [0.4, 0.5) is 0 Å². The van der Waals surface area contributed by atoms with Crippen molar-refractivity contribution in [2.75, 3.05) is 20.2 Å². The predicted molar refractivity (Wildman–Crippen MR) is 62.3 cm³/mol. The van der Waals surface area contributed by atoms with Gasteiger partial charge in [-0.05, 0) is 19.0 Å².